The van der Waals surface area contributed by atoms with Crippen molar-refractivity contribution >= 4 is 53.8 Å². The van der Waals surface area contributed by atoms with Gasteiger partial charge in [0.2, 0.25) is 15.9 Å². The molecule has 1 aromatic heterocycles. The number of hydrogen-bond acceptors (Lipinski definition) is 7. The molecular weight excluding hydrogens is 518 g/mol. The summed E-state index contributed by atoms with van der Waals surface area (Å²) in [6.07, 6.45) is 1.82. The van der Waals surface area contributed by atoms with Crippen molar-refractivity contribution in [3.05, 3.63) is 58.9 Å². The molecule has 3 aromatic rings. The van der Waals surface area contributed by atoms with Crippen LogP contribution in [0.25, 0.3) is 11.3 Å². The number of benzene rings is 2. The number of piperidine rings is 1. The van der Waals surface area contributed by atoms with Crippen LogP contribution in [0, 0.1) is 5.92 Å². The highest BCUT2D eigenvalue weighted by atomic mass is 35.5. The second kappa shape index (κ2) is 9.74. The van der Waals surface area contributed by atoms with E-state index in [9.17, 15) is 21.6 Å². The number of carbonyl (C=O) groups excluding carboxylic acids is 1. The van der Waals surface area contributed by atoms with E-state index in [-0.39, 0.29) is 34.7 Å². The molecule has 0 aliphatic carbocycles. The van der Waals surface area contributed by atoms with Gasteiger partial charge < -0.3 is 5.32 Å². The van der Waals surface area contributed by atoms with Crippen LogP contribution < -0.4 is 5.32 Å². The second-order valence-electron chi connectivity index (χ2n) is 7.96. The molecule has 34 heavy (non-hydrogen) atoms. The number of rotatable bonds is 6. The van der Waals surface area contributed by atoms with Gasteiger partial charge >= 0.3 is 0 Å². The van der Waals surface area contributed by atoms with E-state index < -0.39 is 19.9 Å². The Balaban J connectivity index is 1.36. The molecule has 1 aliphatic rings. The first-order valence-electron chi connectivity index (χ1n) is 10.4. The fraction of sp³-hybridized carbons (Fsp3) is 0.273. The number of halogens is 1. The molecule has 0 bridgehead atoms. The number of nitrogens with zero attached hydrogens (tertiary/aromatic N) is 2. The van der Waals surface area contributed by atoms with E-state index in [2.05, 4.69) is 10.3 Å². The Morgan fingerprint density at radius 2 is 1.59 bits per heavy atom. The normalized spacial score (nSPS) is 15.8. The van der Waals surface area contributed by atoms with Crippen molar-refractivity contribution in [2.45, 2.75) is 22.6 Å². The van der Waals surface area contributed by atoms with Crippen molar-refractivity contribution in [1.82, 2.24) is 9.29 Å². The number of amides is 1. The minimum Gasteiger partial charge on any atom is -0.302 e. The van der Waals surface area contributed by atoms with E-state index in [0.29, 0.717) is 23.0 Å². The molecule has 1 aliphatic heterocycles. The van der Waals surface area contributed by atoms with Gasteiger partial charge in [0.05, 0.1) is 15.5 Å². The van der Waals surface area contributed by atoms with Gasteiger partial charge in [-0.3, -0.25) is 4.79 Å². The van der Waals surface area contributed by atoms with Gasteiger partial charge in [-0.15, -0.1) is 11.3 Å². The molecule has 1 N–H and O–H groups in total. The molecule has 1 saturated heterocycles. The number of thiazole rings is 1. The van der Waals surface area contributed by atoms with Crippen LogP contribution in [0.4, 0.5) is 5.13 Å². The largest absolute Gasteiger partial charge is 0.302 e. The monoisotopic (exact) mass is 539 g/mol. The lowest BCUT2D eigenvalue weighted by Crippen LogP contribution is -2.41. The minimum absolute atomic E-state index is 0.0281. The van der Waals surface area contributed by atoms with Crippen LogP contribution in [0.3, 0.4) is 0 Å². The molecule has 0 unspecified atom stereocenters. The van der Waals surface area contributed by atoms with Gasteiger partial charge in [0.15, 0.2) is 15.0 Å². The Labute approximate surface area is 207 Å². The third kappa shape index (κ3) is 5.49. The molecule has 0 atom stereocenters. The Kier molecular flexibility index (Phi) is 7.11. The lowest BCUT2D eigenvalue weighted by atomic mass is 9.97. The van der Waals surface area contributed by atoms with Crippen LogP contribution in [-0.4, -0.2) is 51.4 Å². The Bertz CT molecular complexity index is 1390. The molecule has 2 heterocycles. The first kappa shape index (κ1) is 24.8. The Hall–Kier alpha value is -2.31. The van der Waals surface area contributed by atoms with E-state index in [1.165, 1.54) is 39.9 Å². The summed E-state index contributed by atoms with van der Waals surface area (Å²) in [6.45, 7) is 0.393. The third-order valence-electron chi connectivity index (χ3n) is 5.59. The average molecular weight is 540 g/mol. The van der Waals surface area contributed by atoms with Gasteiger partial charge in [0.1, 0.15) is 0 Å². The number of nitrogens with one attached hydrogen (secondary N) is 1. The van der Waals surface area contributed by atoms with Crippen molar-refractivity contribution in [3.63, 3.8) is 0 Å². The van der Waals surface area contributed by atoms with E-state index >= 15 is 0 Å². The summed E-state index contributed by atoms with van der Waals surface area (Å²) in [6, 6.07) is 12.4. The maximum Gasteiger partial charge on any atom is 0.243 e. The molecule has 0 saturated carbocycles. The van der Waals surface area contributed by atoms with E-state index in [0.717, 1.165) is 17.5 Å². The lowest BCUT2D eigenvalue weighted by Gasteiger charge is -2.30. The fourth-order valence-corrected chi connectivity index (χ4v) is 6.61. The maximum atomic E-state index is 12.9. The predicted octanol–water partition coefficient (Wildman–Crippen LogP) is 3.91. The van der Waals surface area contributed by atoms with E-state index in [4.69, 9.17) is 11.6 Å². The summed E-state index contributed by atoms with van der Waals surface area (Å²) < 4.78 is 50.4. The van der Waals surface area contributed by atoms with Crippen LogP contribution >= 0.6 is 22.9 Å². The SMILES string of the molecule is CS(=O)(=O)c1ccc(S(=O)(=O)N2CCC(C(=O)Nc3nc(-c4ccc(Cl)cc4)cs3)CC2)cc1. The summed E-state index contributed by atoms with van der Waals surface area (Å²) >= 11 is 7.24. The topological polar surface area (TPSA) is 114 Å². The van der Waals surface area contributed by atoms with Crippen LogP contribution in [0.15, 0.2) is 63.7 Å². The molecule has 1 amide bonds. The van der Waals surface area contributed by atoms with Crippen molar-refractivity contribution in [1.29, 1.82) is 0 Å². The molecule has 1 fully saturated rings. The summed E-state index contributed by atoms with van der Waals surface area (Å²) in [4.78, 5) is 17.3. The van der Waals surface area contributed by atoms with Crippen LogP contribution in [0.1, 0.15) is 12.8 Å². The highest BCUT2D eigenvalue weighted by molar-refractivity contribution is 7.90. The number of anilines is 1. The summed E-state index contributed by atoms with van der Waals surface area (Å²) in [5.74, 6) is -0.520. The van der Waals surface area contributed by atoms with Crippen LogP contribution in [0.2, 0.25) is 5.02 Å². The van der Waals surface area contributed by atoms with Gasteiger partial charge in [-0.05, 0) is 49.2 Å². The van der Waals surface area contributed by atoms with E-state index in [1.54, 1.807) is 12.1 Å². The zero-order chi connectivity index (χ0) is 24.5. The van der Waals surface area contributed by atoms with Crippen LogP contribution in [0.5, 0.6) is 0 Å². The molecule has 8 nitrogen and oxygen atoms in total. The lowest BCUT2D eigenvalue weighted by molar-refractivity contribution is -0.120. The zero-order valence-electron chi connectivity index (χ0n) is 18.1. The van der Waals surface area contributed by atoms with Crippen molar-refractivity contribution in [3.8, 4) is 11.3 Å². The van der Waals surface area contributed by atoms with Gasteiger partial charge in [-0.2, -0.15) is 4.31 Å². The number of aromatic nitrogens is 1. The molecule has 0 spiro atoms. The van der Waals surface area contributed by atoms with E-state index in [1.807, 2.05) is 17.5 Å². The highest BCUT2D eigenvalue weighted by Crippen LogP contribution is 2.28. The fourth-order valence-electron chi connectivity index (χ4n) is 3.66. The smallest absolute Gasteiger partial charge is 0.243 e. The predicted molar refractivity (Wildman–Crippen MR) is 132 cm³/mol. The van der Waals surface area contributed by atoms with Gasteiger partial charge in [0.25, 0.3) is 0 Å². The van der Waals surface area contributed by atoms with Gasteiger partial charge in [-0.1, -0.05) is 23.7 Å². The number of carbonyl (C=O) groups is 1. The number of sulfone groups is 1. The van der Waals surface area contributed by atoms with Crippen molar-refractivity contribution in [2.24, 2.45) is 5.92 Å². The Morgan fingerprint density at radius 3 is 2.18 bits per heavy atom. The van der Waals surface area contributed by atoms with Crippen molar-refractivity contribution < 1.29 is 21.6 Å². The van der Waals surface area contributed by atoms with Gasteiger partial charge in [0, 0.05) is 41.2 Å². The molecule has 4 rings (SSSR count). The van der Waals surface area contributed by atoms with Gasteiger partial charge in [-0.25, -0.2) is 21.8 Å². The third-order valence-corrected chi connectivity index (χ3v) is 9.64. The number of sulfonamides is 1. The minimum atomic E-state index is -3.78. The zero-order valence-corrected chi connectivity index (χ0v) is 21.3. The molecular formula is C22H22ClN3O5S3. The maximum absolute atomic E-state index is 12.9. The number of hydrogen-bond donors (Lipinski definition) is 1. The second-order valence-corrected chi connectivity index (χ2v) is 13.2. The molecule has 2 aromatic carbocycles. The summed E-state index contributed by atoms with van der Waals surface area (Å²) in [7, 11) is -7.19. The molecule has 12 heteroatoms. The first-order valence-corrected chi connectivity index (χ1v) is 15.0. The standard InChI is InChI=1S/C22H22ClN3O5S3/c1-33(28,29)18-6-8-19(9-7-18)34(30,31)26-12-10-16(11-13-26)21(27)25-22-24-20(14-32-22)15-2-4-17(23)5-3-15/h2-9,14,16H,10-13H2,1H3,(H,24,25,27). The average Bonchev–Trinajstić information content (AvgIpc) is 3.27. The summed E-state index contributed by atoms with van der Waals surface area (Å²) in [5.41, 5.74) is 1.63. The Morgan fingerprint density at radius 1 is 1.00 bits per heavy atom. The van der Waals surface area contributed by atoms with Crippen molar-refractivity contribution in [2.75, 3.05) is 24.7 Å². The quantitative estimate of drug-likeness (QED) is 0.508. The molecule has 180 valence electrons. The highest BCUT2D eigenvalue weighted by Gasteiger charge is 2.32. The summed E-state index contributed by atoms with van der Waals surface area (Å²) in [5, 5.41) is 5.80. The molecule has 0 radical (unpaired) electrons. The first-order chi connectivity index (χ1) is 16.0. The van der Waals surface area contributed by atoms with Crippen LogP contribution in [-0.2, 0) is 24.7 Å².